The summed E-state index contributed by atoms with van der Waals surface area (Å²) in [5, 5.41) is 10.6. The number of fused-ring (bicyclic) bond motifs is 6. The number of nitrogens with zero attached hydrogens (tertiary/aromatic N) is 1. The Morgan fingerprint density at radius 1 is 0.297 bits per heavy atom. The first-order chi connectivity index (χ1) is 31.8. The standard InChI is InChI=1S/C60H41NS2Si/c1-5-19-42(20-6-1)49-40-37-44(41-55(49)54-30-17-29-52-50-27-13-15-33-57(50)62-59(52)54)61(56-32-18-31-53-51-28-14-16-34-58(51)63-60(53)56)43-35-38-48(39-36-43)64(45-21-7-2-8-22-45,46-23-9-3-10-24-46)47-25-11-4-12-26-47/h1-41H. The van der Waals surface area contributed by atoms with Crippen molar-refractivity contribution in [3.8, 4) is 22.3 Å². The van der Waals surface area contributed by atoms with Crippen molar-refractivity contribution in [1.82, 2.24) is 0 Å². The molecule has 0 bridgehead atoms. The van der Waals surface area contributed by atoms with E-state index in [2.05, 4.69) is 254 Å². The average Bonchev–Trinajstić information content (AvgIpc) is 3.95. The van der Waals surface area contributed by atoms with Gasteiger partial charge in [-0.2, -0.15) is 0 Å². The third-order valence-electron chi connectivity index (χ3n) is 12.8. The van der Waals surface area contributed by atoms with Crippen LogP contribution in [-0.2, 0) is 0 Å². The Hall–Kier alpha value is -7.34. The molecule has 12 aromatic rings. The summed E-state index contributed by atoms with van der Waals surface area (Å²) < 4.78 is 5.18. The molecule has 4 heteroatoms. The van der Waals surface area contributed by atoms with E-state index in [0.717, 1.165) is 11.4 Å². The van der Waals surface area contributed by atoms with Crippen molar-refractivity contribution < 1.29 is 0 Å². The van der Waals surface area contributed by atoms with Gasteiger partial charge in [0.2, 0.25) is 0 Å². The zero-order valence-electron chi connectivity index (χ0n) is 34.9. The molecular formula is C60H41NS2Si. The van der Waals surface area contributed by atoms with Crippen LogP contribution < -0.4 is 25.6 Å². The molecule has 0 aliphatic heterocycles. The molecule has 0 saturated heterocycles. The lowest BCUT2D eigenvalue weighted by atomic mass is 9.92. The Morgan fingerprint density at radius 3 is 1.34 bits per heavy atom. The summed E-state index contributed by atoms with van der Waals surface area (Å²) in [5.74, 6) is 0. The summed E-state index contributed by atoms with van der Waals surface area (Å²) in [7, 11) is -2.74. The van der Waals surface area contributed by atoms with Crippen LogP contribution in [0.15, 0.2) is 249 Å². The van der Waals surface area contributed by atoms with Crippen LogP contribution in [0.1, 0.15) is 0 Å². The normalized spacial score (nSPS) is 11.8. The van der Waals surface area contributed by atoms with Gasteiger partial charge in [0.15, 0.2) is 8.07 Å². The van der Waals surface area contributed by atoms with E-state index >= 15 is 0 Å². The second-order valence-corrected chi connectivity index (χ2v) is 22.3. The van der Waals surface area contributed by atoms with Gasteiger partial charge in [-0.05, 0) is 79.9 Å². The van der Waals surface area contributed by atoms with Crippen molar-refractivity contribution in [1.29, 1.82) is 0 Å². The molecule has 0 aliphatic rings. The molecule has 2 heterocycles. The van der Waals surface area contributed by atoms with Gasteiger partial charge < -0.3 is 4.90 Å². The summed E-state index contributed by atoms with van der Waals surface area (Å²) in [5.41, 5.74) is 8.28. The molecule has 0 fully saturated rings. The lowest BCUT2D eigenvalue weighted by Gasteiger charge is -2.35. The van der Waals surface area contributed by atoms with Gasteiger partial charge in [-0.25, -0.2) is 0 Å². The van der Waals surface area contributed by atoms with E-state index < -0.39 is 8.07 Å². The van der Waals surface area contributed by atoms with E-state index in [1.54, 1.807) is 0 Å². The predicted octanol–water partition coefficient (Wildman–Crippen LogP) is 14.6. The Labute approximate surface area is 382 Å². The molecule has 0 aliphatic carbocycles. The Kier molecular flexibility index (Phi) is 9.64. The SMILES string of the molecule is c1ccc(-c2ccc(N(c3ccc([Si](c4ccccc4)(c4ccccc4)c4ccccc4)cc3)c3cccc4c3sc3ccccc34)cc2-c2cccc3c2sc2ccccc23)cc1. The maximum absolute atomic E-state index is 2.74. The topological polar surface area (TPSA) is 3.24 Å². The van der Waals surface area contributed by atoms with Gasteiger partial charge in [-0.15, -0.1) is 22.7 Å². The maximum atomic E-state index is 2.50. The Bertz CT molecular complexity index is 3500. The van der Waals surface area contributed by atoms with E-state index in [-0.39, 0.29) is 0 Å². The summed E-state index contributed by atoms with van der Waals surface area (Å²) in [6, 6.07) is 92.4. The van der Waals surface area contributed by atoms with Crippen LogP contribution in [0.3, 0.4) is 0 Å². The van der Waals surface area contributed by atoms with E-state index in [1.165, 1.54) is 89.0 Å². The van der Waals surface area contributed by atoms with Crippen LogP contribution in [0, 0.1) is 0 Å². The quantitative estimate of drug-likeness (QED) is 0.103. The van der Waals surface area contributed by atoms with Crippen molar-refractivity contribution in [2.24, 2.45) is 0 Å². The lowest BCUT2D eigenvalue weighted by Crippen LogP contribution is -2.74. The van der Waals surface area contributed by atoms with Gasteiger partial charge >= 0.3 is 0 Å². The first kappa shape index (κ1) is 38.3. The predicted molar refractivity (Wildman–Crippen MR) is 281 cm³/mol. The smallest absolute Gasteiger partial charge is 0.179 e. The highest BCUT2D eigenvalue weighted by Crippen LogP contribution is 2.48. The van der Waals surface area contributed by atoms with E-state index in [0.29, 0.717) is 0 Å². The second-order valence-electron chi connectivity index (χ2n) is 16.4. The van der Waals surface area contributed by atoms with Crippen LogP contribution in [0.5, 0.6) is 0 Å². The fourth-order valence-electron chi connectivity index (χ4n) is 9.98. The third kappa shape index (κ3) is 6.33. The summed E-state index contributed by atoms with van der Waals surface area (Å²) in [6.07, 6.45) is 0. The molecule has 0 N–H and O–H groups in total. The van der Waals surface area contributed by atoms with Gasteiger partial charge in [0.25, 0.3) is 0 Å². The molecule has 10 aromatic carbocycles. The molecular weight excluding hydrogens is 827 g/mol. The monoisotopic (exact) mass is 867 g/mol. The van der Waals surface area contributed by atoms with Crippen molar-refractivity contribution >= 4 is 109 Å². The van der Waals surface area contributed by atoms with Gasteiger partial charge in [0.05, 0.1) is 10.4 Å². The van der Waals surface area contributed by atoms with Gasteiger partial charge in [-0.1, -0.05) is 206 Å². The molecule has 2 aromatic heterocycles. The molecule has 0 atom stereocenters. The summed E-state index contributed by atoms with van der Waals surface area (Å²) >= 11 is 3.77. The minimum Gasteiger partial charge on any atom is -0.309 e. The molecule has 12 rings (SSSR count). The highest BCUT2D eigenvalue weighted by molar-refractivity contribution is 7.27. The van der Waals surface area contributed by atoms with Crippen LogP contribution >= 0.6 is 22.7 Å². The molecule has 0 spiro atoms. The van der Waals surface area contributed by atoms with Crippen LogP contribution in [-0.4, -0.2) is 8.07 Å². The van der Waals surface area contributed by atoms with Crippen molar-refractivity contribution in [2.45, 2.75) is 0 Å². The van der Waals surface area contributed by atoms with Gasteiger partial charge in [0, 0.05) is 52.6 Å². The molecule has 64 heavy (non-hydrogen) atoms. The van der Waals surface area contributed by atoms with Crippen LogP contribution in [0.4, 0.5) is 17.1 Å². The number of thiophene rings is 2. The molecule has 0 amide bonds. The zero-order chi connectivity index (χ0) is 42.5. The Morgan fingerprint density at radius 2 is 0.750 bits per heavy atom. The minimum atomic E-state index is -2.74. The zero-order valence-corrected chi connectivity index (χ0v) is 37.6. The highest BCUT2D eigenvalue weighted by Gasteiger charge is 2.41. The average molecular weight is 868 g/mol. The third-order valence-corrected chi connectivity index (χ3v) is 20.1. The number of rotatable bonds is 9. The van der Waals surface area contributed by atoms with Gasteiger partial charge in [0.1, 0.15) is 0 Å². The maximum Gasteiger partial charge on any atom is 0.179 e. The minimum absolute atomic E-state index is 1.11. The summed E-state index contributed by atoms with van der Waals surface area (Å²) in [4.78, 5) is 2.50. The first-order valence-corrected chi connectivity index (χ1v) is 25.5. The largest absolute Gasteiger partial charge is 0.309 e. The molecule has 1 nitrogen and oxygen atoms in total. The summed E-state index contributed by atoms with van der Waals surface area (Å²) in [6.45, 7) is 0. The molecule has 302 valence electrons. The van der Waals surface area contributed by atoms with Crippen molar-refractivity contribution in [3.63, 3.8) is 0 Å². The van der Waals surface area contributed by atoms with Crippen LogP contribution in [0.2, 0.25) is 0 Å². The Balaban J connectivity index is 1.11. The van der Waals surface area contributed by atoms with Crippen molar-refractivity contribution in [2.75, 3.05) is 4.90 Å². The van der Waals surface area contributed by atoms with Gasteiger partial charge in [-0.3, -0.25) is 0 Å². The van der Waals surface area contributed by atoms with E-state index in [1.807, 2.05) is 22.7 Å². The molecule has 0 saturated carbocycles. The molecule has 0 radical (unpaired) electrons. The lowest BCUT2D eigenvalue weighted by molar-refractivity contribution is 1.30. The highest BCUT2D eigenvalue weighted by atomic mass is 32.1. The first-order valence-electron chi connectivity index (χ1n) is 21.8. The number of anilines is 3. The second kappa shape index (κ2) is 16.1. The van der Waals surface area contributed by atoms with Crippen LogP contribution in [0.25, 0.3) is 62.6 Å². The van der Waals surface area contributed by atoms with E-state index in [9.17, 15) is 0 Å². The fraction of sp³-hybridized carbons (Fsp3) is 0. The number of benzene rings is 10. The fourth-order valence-corrected chi connectivity index (χ4v) is 17.2. The number of hydrogen-bond acceptors (Lipinski definition) is 3. The van der Waals surface area contributed by atoms with Crippen molar-refractivity contribution in [3.05, 3.63) is 249 Å². The molecule has 0 unspecified atom stereocenters. The van der Waals surface area contributed by atoms with E-state index in [4.69, 9.17) is 0 Å². The number of hydrogen-bond donors (Lipinski definition) is 0.